The second-order valence-corrected chi connectivity index (χ2v) is 4.45. The molecule has 0 bridgehead atoms. The Morgan fingerprint density at radius 3 is 2.89 bits per heavy atom. The molecule has 92 valence electrons. The minimum atomic E-state index is 0.716. The molecule has 0 radical (unpaired) electrons. The minimum absolute atomic E-state index is 0.716. The Balaban J connectivity index is 1.68. The van der Waals surface area contributed by atoms with E-state index < -0.39 is 0 Å². The van der Waals surface area contributed by atoms with Gasteiger partial charge in [0.15, 0.2) is 0 Å². The highest BCUT2D eigenvalue weighted by molar-refractivity contribution is 5.61. The van der Waals surface area contributed by atoms with Crippen molar-refractivity contribution in [1.82, 2.24) is 25.5 Å². The van der Waals surface area contributed by atoms with E-state index >= 15 is 0 Å². The van der Waals surface area contributed by atoms with Crippen molar-refractivity contribution < 1.29 is 0 Å². The first-order valence-corrected chi connectivity index (χ1v) is 6.11. The number of rotatable bonds is 3. The minimum Gasteiger partial charge on any atom is -0.294 e. The predicted molar refractivity (Wildman–Crippen MR) is 68.5 cm³/mol. The number of hydrogen-bond acceptors (Lipinski definition) is 4. The van der Waals surface area contributed by atoms with Crippen LogP contribution in [-0.2, 0) is 6.54 Å². The Morgan fingerprint density at radius 1 is 1.22 bits per heavy atom. The van der Waals surface area contributed by atoms with Gasteiger partial charge in [0, 0.05) is 25.2 Å². The summed E-state index contributed by atoms with van der Waals surface area (Å²) in [6.45, 7) is 2.93. The summed E-state index contributed by atoms with van der Waals surface area (Å²) in [5.41, 5.74) is 2.50. The average molecular weight is 241 g/mol. The van der Waals surface area contributed by atoms with Crippen molar-refractivity contribution in [2.75, 3.05) is 13.1 Å². The maximum Gasteiger partial charge on any atom is 0.201 e. The fourth-order valence-electron chi connectivity index (χ4n) is 2.24. The van der Waals surface area contributed by atoms with Crippen LogP contribution in [0, 0.1) is 0 Å². The number of hydrogen-bond donors (Lipinski definition) is 1. The maximum absolute atomic E-state index is 4.04. The third-order valence-electron chi connectivity index (χ3n) is 3.11. The summed E-state index contributed by atoms with van der Waals surface area (Å²) in [5.74, 6) is 0.716. The van der Waals surface area contributed by atoms with Crippen molar-refractivity contribution in [3.63, 3.8) is 0 Å². The Morgan fingerprint density at radius 2 is 2.11 bits per heavy atom. The van der Waals surface area contributed by atoms with E-state index in [0.717, 1.165) is 31.6 Å². The molecule has 0 fully saturated rings. The number of tetrazole rings is 1. The Labute approximate surface area is 106 Å². The van der Waals surface area contributed by atoms with Crippen LogP contribution in [0.1, 0.15) is 17.8 Å². The van der Waals surface area contributed by atoms with Gasteiger partial charge in [-0.1, -0.05) is 36.4 Å². The molecule has 3 rings (SSSR count). The first kappa shape index (κ1) is 11.1. The summed E-state index contributed by atoms with van der Waals surface area (Å²) in [4.78, 5) is 2.40. The fourth-order valence-corrected chi connectivity index (χ4v) is 2.24. The molecule has 0 atom stereocenters. The Bertz CT molecular complexity index is 518. The maximum atomic E-state index is 4.04. The van der Waals surface area contributed by atoms with Crippen LogP contribution >= 0.6 is 0 Å². The first-order chi connectivity index (χ1) is 8.92. The van der Waals surface area contributed by atoms with Gasteiger partial charge >= 0.3 is 0 Å². The molecule has 0 unspecified atom stereocenters. The molecule has 1 aromatic heterocycles. The lowest BCUT2D eigenvalue weighted by Gasteiger charge is -2.26. The molecule has 5 heteroatoms. The zero-order valence-electron chi connectivity index (χ0n) is 10.1. The summed E-state index contributed by atoms with van der Waals surface area (Å²) in [6, 6.07) is 10.5. The average Bonchev–Trinajstić information content (AvgIpc) is 2.94. The van der Waals surface area contributed by atoms with Gasteiger partial charge in [0.05, 0.1) is 0 Å². The van der Waals surface area contributed by atoms with Crippen LogP contribution in [0.4, 0.5) is 0 Å². The second kappa shape index (κ2) is 5.10. The highest BCUT2D eigenvalue weighted by atomic mass is 15.5. The molecule has 0 spiro atoms. The lowest BCUT2D eigenvalue weighted by atomic mass is 10.1. The van der Waals surface area contributed by atoms with Crippen LogP contribution in [-0.4, -0.2) is 38.6 Å². The summed E-state index contributed by atoms with van der Waals surface area (Å²) in [5, 5.41) is 14.2. The largest absolute Gasteiger partial charge is 0.294 e. The topological polar surface area (TPSA) is 57.7 Å². The lowest BCUT2D eigenvalue weighted by molar-refractivity contribution is 0.296. The van der Waals surface area contributed by atoms with E-state index in [1.807, 2.05) is 6.07 Å². The Hall–Kier alpha value is -2.01. The van der Waals surface area contributed by atoms with Crippen LogP contribution in [0.25, 0.3) is 5.57 Å². The predicted octanol–water partition coefficient (Wildman–Crippen LogP) is 1.49. The van der Waals surface area contributed by atoms with Crippen molar-refractivity contribution in [1.29, 1.82) is 0 Å². The van der Waals surface area contributed by atoms with Gasteiger partial charge in [-0.15, -0.1) is 10.2 Å². The number of aromatic nitrogens is 4. The molecule has 1 N–H and O–H groups in total. The monoisotopic (exact) mass is 241 g/mol. The van der Waals surface area contributed by atoms with Crippen molar-refractivity contribution in [3.05, 3.63) is 47.8 Å². The molecule has 1 aliphatic heterocycles. The van der Waals surface area contributed by atoms with Crippen LogP contribution in [0.15, 0.2) is 36.4 Å². The van der Waals surface area contributed by atoms with Gasteiger partial charge in [-0.2, -0.15) is 5.21 Å². The van der Waals surface area contributed by atoms with E-state index in [4.69, 9.17) is 0 Å². The smallest absolute Gasteiger partial charge is 0.201 e. The molecule has 5 nitrogen and oxygen atoms in total. The standard InChI is InChI=1S/C13H15N5/c1-2-5-11(6-3-1)9-18-8-4-7-12(10-18)13-14-16-17-15-13/h1-3,5-7H,4,8-10H2,(H,14,15,16,17). The molecule has 18 heavy (non-hydrogen) atoms. The highest BCUT2D eigenvalue weighted by Gasteiger charge is 2.16. The number of nitrogens with one attached hydrogen (secondary N) is 1. The summed E-state index contributed by atoms with van der Waals surface area (Å²) < 4.78 is 0. The van der Waals surface area contributed by atoms with Gasteiger partial charge in [0.1, 0.15) is 0 Å². The van der Waals surface area contributed by atoms with Crippen molar-refractivity contribution >= 4 is 5.57 Å². The van der Waals surface area contributed by atoms with Gasteiger partial charge < -0.3 is 0 Å². The van der Waals surface area contributed by atoms with Gasteiger partial charge in [0.2, 0.25) is 5.82 Å². The third-order valence-corrected chi connectivity index (χ3v) is 3.11. The summed E-state index contributed by atoms with van der Waals surface area (Å²) >= 11 is 0. The van der Waals surface area contributed by atoms with E-state index in [1.165, 1.54) is 5.56 Å². The molecule has 0 aliphatic carbocycles. The highest BCUT2D eigenvalue weighted by Crippen LogP contribution is 2.18. The van der Waals surface area contributed by atoms with Gasteiger partial charge in [-0.05, 0) is 17.2 Å². The van der Waals surface area contributed by atoms with E-state index in [-0.39, 0.29) is 0 Å². The van der Waals surface area contributed by atoms with E-state index in [9.17, 15) is 0 Å². The van der Waals surface area contributed by atoms with Crippen molar-refractivity contribution in [2.45, 2.75) is 13.0 Å². The molecule has 1 aliphatic rings. The zero-order valence-corrected chi connectivity index (χ0v) is 10.1. The molecule has 0 saturated carbocycles. The van der Waals surface area contributed by atoms with Gasteiger partial charge in [-0.25, -0.2) is 0 Å². The SMILES string of the molecule is C1=C(c2nn[nH]n2)CN(Cc2ccccc2)CC1. The number of nitrogens with zero attached hydrogens (tertiary/aromatic N) is 4. The van der Waals surface area contributed by atoms with E-state index in [2.05, 4.69) is 55.9 Å². The van der Waals surface area contributed by atoms with Gasteiger partial charge in [0.25, 0.3) is 0 Å². The summed E-state index contributed by atoms with van der Waals surface area (Å²) in [6.07, 6.45) is 3.24. The molecule has 2 aromatic rings. The molecule has 1 aromatic carbocycles. The fraction of sp³-hybridized carbons (Fsp3) is 0.308. The van der Waals surface area contributed by atoms with Crippen molar-refractivity contribution in [2.24, 2.45) is 0 Å². The van der Waals surface area contributed by atoms with Gasteiger partial charge in [-0.3, -0.25) is 4.90 Å². The van der Waals surface area contributed by atoms with Crippen LogP contribution in [0.3, 0.4) is 0 Å². The summed E-state index contributed by atoms with van der Waals surface area (Å²) in [7, 11) is 0. The quantitative estimate of drug-likeness (QED) is 0.884. The molecule has 0 saturated heterocycles. The number of aromatic amines is 1. The first-order valence-electron chi connectivity index (χ1n) is 6.11. The number of benzene rings is 1. The third kappa shape index (κ3) is 2.46. The molecule has 0 amide bonds. The van der Waals surface area contributed by atoms with E-state index in [0.29, 0.717) is 5.82 Å². The lowest BCUT2D eigenvalue weighted by Crippen LogP contribution is -2.29. The zero-order chi connectivity index (χ0) is 12.2. The van der Waals surface area contributed by atoms with E-state index in [1.54, 1.807) is 0 Å². The molecular formula is C13H15N5. The van der Waals surface area contributed by atoms with Crippen LogP contribution in [0.2, 0.25) is 0 Å². The Kier molecular flexibility index (Phi) is 3.14. The van der Waals surface area contributed by atoms with Crippen LogP contribution < -0.4 is 0 Å². The second-order valence-electron chi connectivity index (χ2n) is 4.45. The molecular weight excluding hydrogens is 226 g/mol. The molecule has 2 heterocycles. The normalized spacial score (nSPS) is 16.6. The van der Waals surface area contributed by atoms with Crippen LogP contribution in [0.5, 0.6) is 0 Å². The number of H-pyrrole nitrogens is 1. The van der Waals surface area contributed by atoms with Crippen molar-refractivity contribution in [3.8, 4) is 0 Å².